The van der Waals surface area contributed by atoms with Gasteiger partial charge in [-0.2, -0.15) is 0 Å². The maximum atomic E-state index is 9.99. The lowest BCUT2D eigenvalue weighted by atomic mass is 10.2. The molecule has 0 aliphatic carbocycles. The summed E-state index contributed by atoms with van der Waals surface area (Å²) in [4.78, 5) is 0.958. The van der Waals surface area contributed by atoms with E-state index in [4.69, 9.17) is 4.42 Å². The van der Waals surface area contributed by atoms with Crippen LogP contribution in [0.5, 0.6) is 0 Å². The maximum Gasteiger partial charge on any atom is 0.146 e. The molecule has 2 nitrogen and oxygen atoms in total. The van der Waals surface area contributed by atoms with E-state index >= 15 is 0 Å². The first-order chi connectivity index (χ1) is 6.68. The van der Waals surface area contributed by atoms with Crippen molar-refractivity contribution < 1.29 is 9.52 Å². The second-order valence-electron chi connectivity index (χ2n) is 3.32. The van der Waals surface area contributed by atoms with Crippen LogP contribution in [0.2, 0.25) is 0 Å². The highest BCUT2D eigenvalue weighted by atomic mass is 32.1. The van der Waals surface area contributed by atoms with Crippen LogP contribution in [0.1, 0.15) is 28.1 Å². The molecule has 14 heavy (non-hydrogen) atoms. The summed E-state index contributed by atoms with van der Waals surface area (Å²) in [6.45, 7) is 3.86. The zero-order valence-corrected chi connectivity index (χ0v) is 8.97. The van der Waals surface area contributed by atoms with E-state index in [1.54, 1.807) is 11.3 Å². The maximum absolute atomic E-state index is 9.99. The SMILES string of the molecule is Cc1ccc([C@@H](O)c2sccc2C)o1. The Labute approximate surface area is 86.8 Å². The molecule has 0 aliphatic heterocycles. The fraction of sp³-hybridized carbons (Fsp3) is 0.273. The van der Waals surface area contributed by atoms with Crippen LogP contribution in [0.15, 0.2) is 28.0 Å². The monoisotopic (exact) mass is 208 g/mol. The molecule has 1 atom stereocenters. The van der Waals surface area contributed by atoms with Crippen molar-refractivity contribution in [3.8, 4) is 0 Å². The zero-order valence-electron chi connectivity index (χ0n) is 8.15. The summed E-state index contributed by atoms with van der Waals surface area (Å²) in [5.74, 6) is 1.45. The van der Waals surface area contributed by atoms with Crippen molar-refractivity contribution in [2.24, 2.45) is 0 Å². The smallest absolute Gasteiger partial charge is 0.146 e. The molecule has 0 aliphatic rings. The van der Waals surface area contributed by atoms with Crippen LogP contribution in [0.3, 0.4) is 0 Å². The van der Waals surface area contributed by atoms with Gasteiger partial charge in [0.1, 0.15) is 17.6 Å². The summed E-state index contributed by atoms with van der Waals surface area (Å²) in [6.07, 6.45) is -0.622. The molecule has 0 fully saturated rings. The second kappa shape index (κ2) is 3.59. The minimum Gasteiger partial charge on any atom is -0.463 e. The largest absolute Gasteiger partial charge is 0.463 e. The predicted octanol–water partition coefficient (Wildman–Crippen LogP) is 3.04. The first-order valence-electron chi connectivity index (χ1n) is 4.47. The van der Waals surface area contributed by atoms with Crippen molar-refractivity contribution in [3.63, 3.8) is 0 Å². The van der Waals surface area contributed by atoms with E-state index in [0.29, 0.717) is 5.76 Å². The van der Waals surface area contributed by atoms with Crippen LogP contribution in [-0.4, -0.2) is 5.11 Å². The van der Waals surface area contributed by atoms with E-state index in [1.165, 1.54) is 0 Å². The third kappa shape index (κ3) is 1.61. The highest BCUT2D eigenvalue weighted by molar-refractivity contribution is 7.10. The van der Waals surface area contributed by atoms with E-state index in [0.717, 1.165) is 16.2 Å². The Morgan fingerprint density at radius 2 is 2.07 bits per heavy atom. The summed E-state index contributed by atoms with van der Waals surface area (Å²) in [5, 5.41) is 12.0. The molecule has 1 N–H and O–H groups in total. The Balaban J connectivity index is 2.33. The van der Waals surface area contributed by atoms with Crippen molar-refractivity contribution in [1.82, 2.24) is 0 Å². The van der Waals surface area contributed by atoms with E-state index in [-0.39, 0.29) is 0 Å². The number of thiophene rings is 1. The molecule has 74 valence electrons. The van der Waals surface area contributed by atoms with Crippen LogP contribution in [0.4, 0.5) is 0 Å². The topological polar surface area (TPSA) is 33.4 Å². The molecule has 2 rings (SSSR count). The molecule has 2 heterocycles. The number of aliphatic hydroxyl groups is 1. The molecule has 0 unspecified atom stereocenters. The van der Waals surface area contributed by atoms with E-state index in [2.05, 4.69) is 0 Å². The standard InChI is InChI=1S/C11H12O2S/c1-7-5-6-14-11(7)10(12)9-4-3-8(2)13-9/h3-6,10,12H,1-2H3/t10-/m1/s1. The summed E-state index contributed by atoms with van der Waals surface area (Å²) in [5.41, 5.74) is 1.11. The first kappa shape index (κ1) is 9.49. The number of aliphatic hydroxyl groups excluding tert-OH is 1. The normalized spacial score (nSPS) is 13.1. The number of hydrogen-bond acceptors (Lipinski definition) is 3. The number of furan rings is 1. The van der Waals surface area contributed by atoms with Crippen LogP contribution in [0.25, 0.3) is 0 Å². The molecule has 0 amide bonds. The molecule has 3 heteroatoms. The van der Waals surface area contributed by atoms with Crippen LogP contribution >= 0.6 is 11.3 Å². The quantitative estimate of drug-likeness (QED) is 0.823. The number of aryl methyl sites for hydroxylation is 2. The van der Waals surface area contributed by atoms with Gasteiger partial charge in [-0.05, 0) is 43.0 Å². The van der Waals surface area contributed by atoms with Gasteiger partial charge in [0.15, 0.2) is 0 Å². The molecule has 0 saturated heterocycles. The minimum atomic E-state index is -0.622. The van der Waals surface area contributed by atoms with Gasteiger partial charge >= 0.3 is 0 Å². The molecular weight excluding hydrogens is 196 g/mol. The van der Waals surface area contributed by atoms with Gasteiger partial charge in [-0.25, -0.2) is 0 Å². The van der Waals surface area contributed by atoms with Crippen LogP contribution in [-0.2, 0) is 0 Å². The van der Waals surface area contributed by atoms with Gasteiger partial charge in [0.2, 0.25) is 0 Å². The lowest BCUT2D eigenvalue weighted by Gasteiger charge is -2.06. The zero-order chi connectivity index (χ0) is 10.1. The van der Waals surface area contributed by atoms with E-state index < -0.39 is 6.10 Å². The summed E-state index contributed by atoms with van der Waals surface area (Å²) in [7, 11) is 0. The lowest BCUT2D eigenvalue weighted by Crippen LogP contribution is -1.96. The Morgan fingerprint density at radius 1 is 1.29 bits per heavy atom. The molecule has 2 aromatic rings. The van der Waals surface area contributed by atoms with Crippen molar-refractivity contribution in [2.75, 3.05) is 0 Å². The Hall–Kier alpha value is -1.06. The second-order valence-corrected chi connectivity index (χ2v) is 4.27. The summed E-state index contributed by atoms with van der Waals surface area (Å²) in [6, 6.07) is 5.68. The van der Waals surface area contributed by atoms with Crippen molar-refractivity contribution >= 4 is 11.3 Å². The van der Waals surface area contributed by atoms with Gasteiger partial charge in [-0.3, -0.25) is 0 Å². The van der Waals surface area contributed by atoms with Gasteiger partial charge in [0.25, 0.3) is 0 Å². The highest BCUT2D eigenvalue weighted by Gasteiger charge is 2.16. The van der Waals surface area contributed by atoms with Crippen molar-refractivity contribution in [3.05, 3.63) is 45.5 Å². The molecule has 0 spiro atoms. The molecular formula is C11H12O2S. The Bertz CT molecular complexity index is 428. The number of rotatable bonds is 2. The molecule has 0 radical (unpaired) electrons. The lowest BCUT2D eigenvalue weighted by molar-refractivity contribution is 0.190. The fourth-order valence-corrected chi connectivity index (χ4v) is 2.31. The Kier molecular flexibility index (Phi) is 2.44. The van der Waals surface area contributed by atoms with Gasteiger partial charge in [-0.15, -0.1) is 11.3 Å². The summed E-state index contributed by atoms with van der Waals surface area (Å²) >= 11 is 1.55. The molecule has 2 aromatic heterocycles. The molecule has 0 saturated carbocycles. The van der Waals surface area contributed by atoms with Crippen molar-refractivity contribution in [2.45, 2.75) is 20.0 Å². The first-order valence-corrected chi connectivity index (χ1v) is 5.35. The summed E-state index contributed by atoms with van der Waals surface area (Å²) < 4.78 is 5.38. The Morgan fingerprint density at radius 3 is 2.57 bits per heavy atom. The average molecular weight is 208 g/mol. The number of hydrogen-bond donors (Lipinski definition) is 1. The van der Waals surface area contributed by atoms with E-state index in [9.17, 15) is 5.11 Å². The van der Waals surface area contributed by atoms with Gasteiger partial charge in [0.05, 0.1) is 0 Å². The van der Waals surface area contributed by atoms with Crippen LogP contribution < -0.4 is 0 Å². The third-order valence-corrected chi connectivity index (χ3v) is 3.25. The van der Waals surface area contributed by atoms with Crippen molar-refractivity contribution in [1.29, 1.82) is 0 Å². The van der Waals surface area contributed by atoms with Gasteiger partial charge in [-0.1, -0.05) is 0 Å². The molecule has 0 bridgehead atoms. The fourth-order valence-electron chi connectivity index (χ4n) is 1.39. The van der Waals surface area contributed by atoms with Crippen LogP contribution in [0, 0.1) is 13.8 Å². The van der Waals surface area contributed by atoms with Gasteiger partial charge < -0.3 is 9.52 Å². The highest BCUT2D eigenvalue weighted by Crippen LogP contribution is 2.29. The third-order valence-electron chi connectivity index (χ3n) is 2.18. The average Bonchev–Trinajstić information content (AvgIpc) is 2.73. The predicted molar refractivity (Wildman–Crippen MR) is 56.6 cm³/mol. The van der Waals surface area contributed by atoms with Gasteiger partial charge in [0, 0.05) is 4.88 Å². The minimum absolute atomic E-state index is 0.619. The van der Waals surface area contributed by atoms with E-state index in [1.807, 2.05) is 37.4 Å². The molecule has 0 aromatic carbocycles.